The molecule has 1 aromatic carbocycles. The normalized spacial score (nSPS) is 23.7. The minimum atomic E-state index is 0.506. The molecule has 1 heterocycles. The van der Waals surface area contributed by atoms with Crippen molar-refractivity contribution in [2.75, 3.05) is 5.32 Å². The SMILES string of the molecule is CC[C@H]1C[C@@H](Nc2cc(OCc3ccccc3)ncn2)C[C@@H]1C. The van der Waals surface area contributed by atoms with Gasteiger partial charge in [0.05, 0.1) is 0 Å². The van der Waals surface area contributed by atoms with Crippen LogP contribution >= 0.6 is 0 Å². The maximum Gasteiger partial charge on any atom is 0.218 e. The van der Waals surface area contributed by atoms with Crippen LogP contribution in [-0.4, -0.2) is 16.0 Å². The van der Waals surface area contributed by atoms with Crippen LogP contribution in [0.2, 0.25) is 0 Å². The second-order valence-electron chi connectivity index (χ2n) is 6.47. The molecule has 0 radical (unpaired) electrons. The number of nitrogens with zero attached hydrogens (tertiary/aromatic N) is 2. The van der Waals surface area contributed by atoms with E-state index in [0.717, 1.165) is 23.2 Å². The Labute approximate surface area is 138 Å². The molecular formula is C19H25N3O. The largest absolute Gasteiger partial charge is 0.473 e. The van der Waals surface area contributed by atoms with Crippen LogP contribution in [0.15, 0.2) is 42.7 Å². The molecule has 1 aliphatic carbocycles. The maximum atomic E-state index is 5.77. The molecule has 4 heteroatoms. The van der Waals surface area contributed by atoms with Gasteiger partial charge in [-0.2, -0.15) is 0 Å². The molecule has 0 bridgehead atoms. The van der Waals surface area contributed by atoms with Gasteiger partial charge < -0.3 is 10.1 Å². The third-order valence-electron chi connectivity index (χ3n) is 4.80. The fraction of sp³-hybridized carbons (Fsp3) is 0.474. The summed E-state index contributed by atoms with van der Waals surface area (Å²) >= 11 is 0. The topological polar surface area (TPSA) is 47.0 Å². The highest BCUT2D eigenvalue weighted by molar-refractivity contribution is 5.38. The number of rotatable bonds is 6. The molecule has 0 amide bonds. The van der Waals surface area contributed by atoms with Gasteiger partial charge in [0.1, 0.15) is 18.8 Å². The highest BCUT2D eigenvalue weighted by atomic mass is 16.5. The van der Waals surface area contributed by atoms with Crippen LogP contribution in [0, 0.1) is 11.8 Å². The summed E-state index contributed by atoms with van der Waals surface area (Å²) in [6.45, 7) is 5.16. The first-order chi connectivity index (χ1) is 11.2. The Balaban J connectivity index is 1.57. The van der Waals surface area contributed by atoms with Crippen molar-refractivity contribution in [1.82, 2.24) is 9.97 Å². The fourth-order valence-electron chi connectivity index (χ4n) is 3.46. The molecular weight excluding hydrogens is 286 g/mol. The standard InChI is InChI=1S/C19H25N3O/c1-3-16-10-17(9-14(16)2)22-18-11-19(21-13-20-18)23-12-15-7-5-4-6-8-15/h4-8,11,13-14,16-17H,3,9-10,12H2,1-2H3,(H,20,21,22)/t14-,16-,17-/m0/s1. The van der Waals surface area contributed by atoms with E-state index in [9.17, 15) is 0 Å². The van der Waals surface area contributed by atoms with E-state index >= 15 is 0 Å². The number of anilines is 1. The molecule has 3 atom stereocenters. The molecule has 4 nitrogen and oxygen atoms in total. The lowest BCUT2D eigenvalue weighted by atomic mass is 9.96. The molecule has 0 unspecified atom stereocenters. The first kappa shape index (κ1) is 15.8. The Morgan fingerprint density at radius 2 is 2.00 bits per heavy atom. The van der Waals surface area contributed by atoms with Crippen molar-refractivity contribution >= 4 is 5.82 Å². The van der Waals surface area contributed by atoms with E-state index in [1.807, 2.05) is 36.4 Å². The van der Waals surface area contributed by atoms with Gasteiger partial charge in [0.25, 0.3) is 0 Å². The van der Waals surface area contributed by atoms with Crippen LogP contribution < -0.4 is 10.1 Å². The lowest BCUT2D eigenvalue weighted by Crippen LogP contribution is -2.16. The van der Waals surface area contributed by atoms with Gasteiger partial charge in [0.2, 0.25) is 5.88 Å². The van der Waals surface area contributed by atoms with Gasteiger partial charge in [-0.25, -0.2) is 9.97 Å². The summed E-state index contributed by atoms with van der Waals surface area (Å²) in [5.74, 6) is 3.08. The third-order valence-corrected chi connectivity index (χ3v) is 4.80. The van der Waals surface area contributed by atoms with E-state index in [1.54, 1.807) is 6.33 Å². The molecule has 0 spiro atoms. The van der Waals surface area contributed by atoms with Crippen molar-refractivity contribution in [3.8, 4) is 5.88 Å². The number of nitrogens with one attached hydrogen (secondary N) is 1. The van der Waals surface area contributed by atoms with Gasteiger partial charge in [0.15, 0.2) is 0 Å². The van der Waals surface area contributed by atoms with E-state index in [-0.39, 0.29) is 0 Å². The third kappa shape index (κ3) is 4.21. The summed E-state index contributed by atoms with van der Waals surface area (Å²) in [4.78, 5) is 8.53. The summed E-state index contributed by atoms with van der Waals surface area (Å²) < 4.78 is 5.77. The van der Waals surface area contributed by atoms with Crippen LogP contribution in [0.5, 0.6) is 5.88 Å². The first-order valence-corrected chi connectivity index (χ1v) is 8.50. The van der Waals surface area contributed by atoms with Gasteiger partial charge in [0, 0.05) is 12.1 Å². The van der Waals surface area contributed by atoms with E-state index in [4.69, 9.17) is 4.74 Å². The van der Waals surface area contributed by atoms with Gasteiger partial charge in [-0.3, -0.25) is 0 Å². The van der Waals surface area contributed by atoms with Gasteiger partial charge in [-0.05, 0) is 30.2 Å². The minimum absolute atomic E-state index is 0.506. The Kier molecular flexibility index (Phi) is 5.11. The highest BCUT2D eigenvalue weighted by Crippen LogP contribution is 2.35. The second-order valence-corrected chi connectivity index (χ2v) is 6.47. The monoisotopic (exact) mass is 311 g/mol. The number of hydrogen-bond acceptors (Lipinski definition) is 4. The predicted molar refractivity (Wildman–Crippen MR) is 92.4 cm³/mol. The van der Waals surface area contributed by atoms with E-state index < -0.39 is 0 Å². The zero-order chi connectivity index (χ0) is 16.1. The number of benzene rings is 1. The quantitative estimate of drug-likeness (QED) is 0.864. The lowest BCUT2D eigenvalue weighted by molar-refractivity contribution is 0.293. The zero-order valence-corrected chi connectivity index (χ0v) is 13.9. The minimum Gasteiger partial charge on any atom is -0.473 e. The van der Waals surface area contributed by atoms with E-state index in [2.05, 4.69) is 29.1 Å². The fourth-order valence-corrected chi connectivity index (χ4v) is 3.46. The molecule has 2 aromatic rings. The number of aromatic nitrogens is 2. The molecule has 23 heavy (non-hydrogen) atoms. The predicted octanol–water partition coefficient (Wildman–Crippen LogP) is 4.29. The molecule has 1 N–H and O–H groups in total. The molecule has 1 aromatic heterocycles. The van der Waals surface area contributed by atoms with E-state index in [1.165, 1.54) is 19.3 Å². The van der Waals surface area contributed by atoms with Crippen LogP contribution in [-0.2, 0) is 6.61 Å². The molecule has 0 aliphatic heterocycles. The van der Waals surface area contributed by atoms with Crippen molar-refractivity contribution in [1.29, 1.82) is 0 Å². The molecule has 1 aliphatic rings. The number of hydrogen-bond donors (Lipinski definition) is 1. The Hall–Kier alpha value is -2.10. The molecule has 1 saturated carbocycles. The summed E-state index contributed by atoms with van der Waals surface area (Å²) in [7, 11) is 0. The Morgan fingerprint density at radius 3 is 2.74 bits per heavy atom. The van der Waals surface area contributed by atoms with E-state index in [0.29, 0.717) is 18.5 Å². The van der Waals surface area contributed by atoms with Crippen LogP contribution in [0.1, 0.15) is 38.7 Å². The van der Waals surface area contributed by atoms with Crippen LogP contribution in [0.3, 0.4) is 0 Å². The van der Waals surface area contributed by atoms with Crippen LogP contribution in [0.4, 0.5) is 5.82 Å². The average molecular weight is 311 g/mol. The van der Waals surface area contributed by atoms with Crippen molar-refractivity contribution in [2.24, 2.45) is 11.8 Å². The van der Waals surface area contributed by atoms with Gasteiger partial charge in [-0.15, -0.1) is 0 Å². The average Bonchev–Trinajstić information content (AvgIpc) is 2.94. The summed E-state index contributed by atoms with van der Waals surface area (Å²) in [6, 6.07) is 12.5. The lowest BCUT2D eigenvalue weighted by Gasteiger charge is -2.14. The zero-order valence-electron chi connectivity index (χ0n) is 13.9. The molecule has 122 valence electrons. The Bertz CT molecular complexity index is 617. The van der Waals surface area contributed by atoms with Gasteiger partial charge in [-0.1, -0.05) is 50.6 Å². The Morgan fingerprint density at radius 1 is 1.17 bits per heavy atom. The summed E-state index contributed by atoms with van der Waals surface area (Å²) in [5.41, 5.74) is 1.14. The van der Waals surface area contributed by atoms with Crippen LogP contribution in [0.25, 0.3) is 0 Å². The van der Waals surface area contributed by atoms with Crippen molar-refractivity contribution in [3.63, 3.8) is 0 Å². The smallest absolute Gasteiger partial charge is 0.218 e. The second kappa shape index (κ2) is 7.44. The van der Waals surface area contributed by atoms with Crippen molar-refractivity contribution < 1.29 is 4.74 Å². The molecule has 3 rings (SSSR count). The molecule has 0 saturated heterocycles. The first-order valence-electron chi connectivity index (χ1n) is 8.50. The number of ether oxygens (including phenoxy) is 1. The highest BCUT2D eigenvalue weighted by Gasteiger charge is 2.30. The van der Waals surface area contributed by atoms with Crippen molar-refractivity contribution in [2.45, 2.75) is 45.8 Å². The van der Waals surface area contributed by atoms with Crippen molar-refractivity contribution in [3.05, 3.63) is 48.3 Å². The van der Waals surface area contributed by atoms with Gasteiger partial charge >= 0.3 is 0 Å². The maximum absolute atomic E-state index is 5.77. The molecule has 1 fully saturated rings. The summed E-state index contributed by atoms with van der Waals surface area (Å²) in [5, 5.41) is 3.54. The summed E-state index contributed by atoms with van der Waals surface area (Å²) in [6.07, 6.45) is 5.26.